The van der Waals surface area contributed by atoms with E-state index in [0.29, 0.717) is 22.2 Å². The molecule has 0 unspecified atom stereocenters. The van der Waals surface area contributed by atoms with Crippen LogP contribution in [0, 0.1) is 5.82 Å². The van der Waals surface area contributed by atoms with Gasteiger partial charge in [-0.15, -0.1) is 0 Å². The van der Waals surface area contributed by atoms with Crippen molar-refractivity contribution in [3.63, 3.8) is 0 Å². The van der Waals surface area contributed by atoms with Crippen molar-refractivity contribution in [3.8, 4) is 0 Å². The molecule has 0 saturated heterocycles. The van der Waals surface area contributed by atoms with E-state index in [0.717, 1.165) is 12.1 Å². The maximum Gasteiger partial charge on any atom is 0.264 e. The number of benzene rings is 2. The summed E-state index contributed by atoms with van der Waals surface area (Å²) in [5.74, 6) is -1.16. The van der Waals surface area contributed by atoms with E-state index in [2.05, 4.69) is 9.71 Å². The molecule has 3 aromatic rings. The molecule has 0 spiro atoms. The van der Waals surface area contributed by atoms with Gasteiger partial charge in [-0.05, 0) is 36.4 Å². The second kappa shape index (κ2) is 5.65. The first kappa shape index (κ1) is 16.7. The molecular weight excluding hydrogens is 381 g/mol. The van der Waals surface area contributed by atoms with Crippen molar-refractivity contribution in [1.82, 2.24) is 4.98 Å². The lowest BCUT2D eigenvalue weighted by Crippen LogP contribution is -2.20. The van der Waals surface area contributed by atoms with Crippen LogP contribution in [-0.4, -0.2) is 26.4 Å². The van der Waals surface area contributed by atoms with E-state index in [-0.39, 0.29) is 16.6 Å². The number of amides is 1. The maximum absolute atomic E-state index is 14.0. The number of halogens is 2. The second-order valence-corrected chi connectivity index (χ2v) is 7.85. The number of hydrogen-bond donors (Lipinski definition) is 1. The van der Waals surface area contributed by atoms with E-state index in [1.165, 1.54) is 23.2 Å². The van der Waals surface area contributed by atoms with Crippen LogP contribution < -0.4 is 9.62 Å². The Hall–Kier alpha value is -2.71. The number of rotatable bonds is 3. The lowest BCUT2D eigenvalue weighted by atomic mass is 10.1. The highest BCUT2D eigenvalue weighted by atomic mass is 35.5. The highest BCUT2D eigenvalue weighted by Crippen LogP contribution is 2.39. The number of nitrogens with one attached hydrogen (secondary N) is 1. The lowest BCUT2D eigenvalue weighted by molar-refractivity contribution is 0.0999. The first-order chi connectivity index (χ1) is 12.3. The molecule has 0 radical (unpaired) electrons. The molecule has 0 aliphatic carbocycles. The fourth-order valence-corrected chi connectivity index (χ4v) is 4.26. The first-order valence-electron chi connectivity index (χ1n) is 7.47. The minimum absolute atomic E-state index is 0.0926. The van der Waals surface area contributed by atoms with Gasteiger partial charge in [-0.1, -0.05) is 11.6 Å². The number of carbonyl (C=O) groups is 1. The number of sulfonamides is 1. The van der Waals surface area contributed by atoms with E-state index in [4.69, 9.17) is 11.6 Å². The summed E-state index contributed by atoms with van der Waals surface area (Å²) in [6.45, 7) is 0. The van der Waals surface area contributed by atoms with E-state index < -0.39 is 20.7 Å². The smallest absolute Gasteiger partial charge is 0.264 e. The molecule has 1 N–H and O–H groups in total. The zero-order chi connectivity index (χ0) is 18.6. The van der Waals surface area contributed by atoms with Crippen molar-refractivity contribution < 1.29 is 17.6 Å². The molecule has 1 aliphatic rings. The van der Waals surface area contributed by atoms with E-state index in [1.807, 2.05) is 0 Å². The zero-order valence-electron chi connectivity index (χ0n) is 13.3. The van der Waals surface area contributed by atoms with Crippen LogP contribution in [0.5, 0.6) is 0 Å². The van der Waals surface area contributed by atoms with Gasteiger partial charge in [0.05, 0.1) is 22.5 Å². The molecule has 4 rings (SSSR count). The van der Waals surface area contributed by atoms with Gasteiger partial charge in [0.25, 0.3) is 15.9 Å². The van der Waals surface area contributed by atoms with Gasteiger partial charge in [-0.25, -0.2) is 12.8 Å². The van der Waals surface area contributed by atoms with Crippen molar-refractivity contribution in [1.29, 1.82) is 0 Å². The fourth-order valence-electron chi connectivity index (χ4n) is 2.97. The van der Waals surface area contributed by atoms with Crippen LogP contribution in [-0.2, 0) is 10.0 Å². The quantitative estimate of drug-likeness (QED) is 0.742. The Balaban J connectivity index is 1.86. The average Bonchev–Trinajstić information content (AvgIpc) is 2.83. The van der Waals surface area contributed by atoms with Crippen LogP contribution in [0.25, 0.3) is 10.9 Å². The number of carbonyl (C=O) groups excluding carboxylic acids is 1. The molecule has 0 bridgehead atoms. The van der Waals surface area contributed by atoms with Crippen LogP contribution >= 0.6 is 11.6 Å². The zero-order valence-corrected chi connectivity index (χ0v) is 14.9. The Kier molecular flexibility index (Phi) is 3.64. The molecule has 2 heterocycles. The van der Waals surface area contributed by atoms with Crippen LogP contribution in [0.2, 0.25) is 5.02 Å². The first-order valence-corrected chi connectivity index (χ1v) is 9.33. The molecule has 1 amide bonds. The number of aromatic nitrogens is 1. The predicted octanol–water partition coefficient (Wildman–Crippen LogP) is 3.42. The highest BCUT2D eigenvalue weighted by Gasteiger charge is 2.29. The van der Waals surface area contributed by atoms with E-state index >= 15 is 0 Å². The lowest BCUT2D eigenvalue weighted by Gasteiger charge is -2.13. The normalized spacial score (nSPS) is 13.5. The summed E-state index contributed by atoms with van der Waals surface area (Å²) in [4.78, 5) is 17.4. The Morgan fingerprint density at radius 2 is 1.96 bits per heavy atom. The van der Waals surface area contributed by atoms with Crippen LogP contribution in [0.15, 0.2) is 47.5 Å². The molecule has 0 saturated carbocycles. The molecule has 1 aromatic heterocycles. The van der Waals surface area contributed by atoms with Crippen molar-refractivity contribution >= 4 is 49.8 Å². The number of pyridine rings is 1. The van der Waals surface area contributed by atoms with Crippen LogP contribution in [0.4, 0.5) is 15.8 Å². The SMILES string of the molecule is CN1C(=O)c2ccnc3c(NS(=O)(=O)c4ccc(Cl)cc4F)ccc1c23. The predicted molar refractivity (Wildman–Crippen MR) is 96.7 cm³/mol. The van der Waals surface area contributed by atoms with Gasteiger partial charge in [0.15, 0.2) is 0 Å². The highest BCUT2D eigenvalue weighted by molar-refractivity contribution is 7.92. The summed E-state index contributed by atoms with van der Waals surface area (Å²) in [5, 5.41) is 0.645. The van der Waals surface area contributed by atoms with Gasteiger partial charge in [0, 0.05) is 23.7 Å². The summed E-state index contributed by atoms with van der Waals surface area (Å²) in [6, 6.07) is 8.00. The Morgan fingerprint density at radius 3 is 2.69 bits per heavy atom. The summed E-state index contributed by atoms with van der Waals surface area (Å²) in [6.07, 6.45) is 1.43. The monoisotopic (exact) mass is 391 g/mol. The summed E-state index contributed by atoms with van der Waals surface area (Å²) < 4.78 is 41.6. The summed E-state index contributed by atoms with van der Waals surface area (Å²) >= 11 is 5.67. The number of anilines is 2. The molecule has 132 valence electrons. The van der Waals surface area contributed by atoms with Crippen molar-refractivity contribution in [3.05, 3.63) is 59.0 Å². The molecule has 2 aromatic carbocycles. The molecule has 6 nitrogen and oxygen atoms in total. The fraction of sp³-hybridized carbons (Fsp3) is 0.0588. The molecule has 0 fully saturated rings. The standard InChI is InChI=1S/C17H11ClFN3O3S/c1-22-13-4-3-12(16-15(13)10(17(22)23)6-7-20-16)21-26(24,25)14-5-2-9(18)8-11(14)19/h2-8,21H,1H3. The second-order valence-electron chi connectivity index (χ2n) is 5.76. The third-order valence-corrected chi connectivity index (χ3v) is 5.83. The average molecular weight is 392 g/mol. The molecule has 26 heavy (non-hydrogen) atoms. The van der Waals surface area contributed by atoms with Crippen LogP contribution in [0.3, 0.4) is 0 Å². The maximum atomic E-state index is 14.0. The third kappa shape index (κ3) is 2.41. The number of hydrogen-bond acceptors (Lipinski definition) is 4. The Bertz CT molecular complexity index is 1200. The summed E-state index contributed by atoms with van der Waals surface area (Å²) in [5.41, 5.74) is 1.54. The largest absolute Gasteiger partial charge is 0.311 e. The molecule has 1 aliphatic heterocycles. The topological polar surface area (TPSA) is 79.4 Å². The van der Waals surface area contributed by atoms with Gasteiger partial charge in [-0.2, -0.15) is 0 Å². The minimum atomic E-state index is -4.21. The van der Waals surface area contributed by atoms with Gasteiger partial charge < -0.3 is 4.90 Å². The van der Waals surface area contributed by atoms with Crippen LogP contribution in [0.1, 0.15) is 10.4 Å². The molecule has 9 heteroatoms. The Morgan fingerprint density at radius 1 is 1.19 bits per heavy atom. The van der Waals surface area contributed by atoms with Gasteiger partial charge in [-0.3, -0.25) is 14.5 Å². The van der Waals surface area contributed by atoms with E-state index in [9.17, 15) is 17.6 Å². The summed E-state index contributed by atoms with van der Waals surface area (Å²) in [7, 11) is -2.58. The molecule has 0 atom stereocenters. The van der Waals surface area contributed by atoms with Crippen molar-refractivity contribution in [2.24, 2.45) is 0 Å². The van der Waals surface area contributed by atoms with E-state index in [1.54, 1.807) is 19.2 Å². The number of nitrogens with zero attached hydrogens (tertiary/aromatic N) is 2. The Labute approximate surface area is 153 Å². The van der Waals surface area contributed by atoms with Gasteiger partial charge in [0.2, 0.25) is 0 Å². The van der Waals surface area contributed by atoms with Crippen molar-refractivity contribution in [2.45, 2.75) is 4.90 Å². The minimum Gasteiger partial charge on any atom is -0.311 e. The molecular formula is C17H11ClFN3O3S. The van der Waals surface area contributed by atoms with Crippen molar-refractivity contribution in [2.75, 3.05) is 16.7 Å². The third-order valence-electron chi connectivity index (χ3n) is 4.19. The van der Waals surface area contributed by atoms with Gasteiger partial charge in [0.1, 0.15) is 10.7 Å². The van der Waals surface area contributed by atoms with Gasteiger partial charge >= 0.3 is 0 Å².